The Labute approximate surface area is 116 Å². The molecule has 0 aliphatic heterocycles. The van der Waals surface area contributed by atoms with Crippen molar-refractivity contribution in [1.29, 1.82) is 0 Å². The van der Waals surface area contributed by atoms with Gasteiger partial charge in [-0.15, -0.1) is 0 Å². The molecule has 1 aromatic carbocycles. The third kappa shape index (κ3) is 3.48. The summed E-state index contributed by atoms with van der Waals surface area (Å²) in [7, 11) is 3.40. The largest absolute Gasteiger partial charge is 0.508 e. The van der Waals surface area contributed by atoms with Gasteiger partial charge in [0.05, 0.1) is 0 Å². The van der Waals surface area contributed by atoms with Crippen LogP contribution in [0.4, 0.5) is 0 Å². The number of aromatic hydroxyl groups is 1. The summed E-state index contributed by atoms with van der Waals surface area (Å²) in [4.78, 5) is 19.3. The predicted molar refractivity (Wildman–Crippen MR) is 74.5 cm³/mol. The van der Waals surface area contributed by atoms with Crippen LogP contribution in [0.1, 0.15) is 10.5 Å². The Morgan fingerprint density at radius 1 is 1.16 bits per heavy atom. The number of carbonyl (C=O) groups is 1. The van der Waals surface area contributed by atoms with Crippen molar-refractivity contribution in [1.82, 2.24) is 9.88 Å². The highest BCUT2D eigenvalue weighted by Gasteiger charge is 2.10. The fourth-order valence-corrected chi connectivity index (χ4v) is 2.31. The van der Waals surface area contributed by atoms with Gasteiger partial charge in [0, 0.05) is 30.1 Å². The molecule has 0 atom stereocenters. The maximum absolute atomic E-state index is 11.8. The van der Waals surface area contributed by atoms with Crippen LogP contribution in [0.3, 0.4) is 0 Å². The van der Waals surface area contributed by atoms with E-state index in [1.54, 1.807) is 38.5 Å². The minimum absolute atomic E-state index is 0.117. The van der Waals surface area contributed by atoms with Crippen LogP contribution in [-0.2, 0) is 0 Å². The highest BCUT2D eigenvalue weighted by molar-refractivity contribution is 7.99. The van der Waals surface area contributed by atoms with E-state index in [-0.39, 0.29) is 11.7 Å². The SMILES string of the molecule is CN(C)C(=O)c1cc(Sc2ccc(O)cc2)ccn1. The van der Waals surface area contributed by atoms with Gasteiger partial charge >= 0.3 is 0 Å². The molecule has 0 aliphatic rings. The van der Waals surface area contributed by atoms with Crippen molar-refractivity contribution >= 4 is 17.7 Å². The molecule has 1 heterocycles. The first kappa shape index (κ1) is 13.4. The molecule has 19 heavy (non-hydrogen) atoms. The second-order valence-electron chi connectivity index (χ2n) is 4.17. The zero-order valence-electron chi connectivity index (χ0n) is 10.7. The third-order valence-corrected chi connectivity index (χ3v) is 3.43. The average Bonchev–Trinajstić information content (AvgIpc) is 2.41. The second kappa shape index (κ2) is 5.75. The van der Waals surface area contributed by atoms with Crippen molar-refractivity contribution in [2.45, 2.75) is 9.79 Å². The van der Waals surface area contributed by atoms with Gasteiger partial charge < -0.3 is 10.0 Å². The number of rotatable bonds is 3. The maximum Gasteiger partial charge on any atom is 0.271 e. The highest BCUT2D eigenvalue weighted by atomic mass is 32.2. The zero-order chi connectivity index (χ0) is 13.8. The number of hydrogen-bond acceptors (Lipinski definition) is 4. The van der Waals surface area contributed by atoms with Crippen LogP contribution in [0.2, 0.25) is 0 Å². The van der Waals surface area contributed by atoms with E-state index < -0.39 is 0 Å². The van der Waals surface area contributed by atoms with E-state index in [4.69, 9.17) is 0 Å². The number of amides is 1. The first-order chi connectivity index (χ1) is 9.06. The van der Waals surface area contributed by atoms with Crippen LogP contribution in [0.5, 0.6) is 5.75 Å². The number of phenolic OH excluding ortho intramolecular Hbond substituents is 1. The summed E-state index contributed by atoms with van der Waals surface area (Å²) in [5.41, 5.74) is 0.425. The van der Waals surface area contributed by atoms with E-state index in [1.165, 1.54) is 16.7 Å². The molecule has 0 radical (unpaired) electrons. The lowest BCUT2D eigenvalue weighted by Crippen LogP contribution is -2.22. The average molecular weight is 274 g/mol. The summed E-state index contributed by atoms with van der Waals surface area (Å²) < 4.78 is 0. The van der Waals surface area contributed by atoms with Crippen molar-refractivity contribution in [3.63, 3.8) is 0 Å². The third-order valence-electron chi connectivity index (χ3n) is 2.43. The molecule has 1 amide bonds. The number of hydrogen-bond donors (Lipinski definition) is 1. The number of carbonyl (C=O) groups excluding carboxylic acids is 1. The fraction of sp³-hybridized carbons (Fsp3) is 0.143. The zero-order valence-corrected chi connectivity index (χ0v) is 11.5. The van der Waals surface area contributed by atoms with Crippen molar-refractivity contribution in [2.24, 2.45) is 0 Å². The first-order valence-corrected chi connectivity index (χ1v) is 6.52. The molecule has 1 aromatic heterocycles. The monoisotopic (exact) mass is 274 g/mol. The van der Waals surface area contributed by atoms with Crippen LogP contribution >= 0.6 is 11.8 Å². The van der Waals surface area contributed by atoms with Gasteiger partial charge in [0.1, 0.15) is 11.4 Å². The van der Waals surface area contributed by atoms with Gasteiger partial charge in [-0.2, -0.15) is 0 Å². The number of aromatic nitrogens is 1. The lowest BCUT2D eigenvalue weighted by molar-refractivity contribution is 0.0821. The minimum atomic E-state index is -0.117. The molecule has 0 fully saturated rings. The summed E-state index contributed by atoms with van der Waals surface area (Å²) in [6, 6.07) is 10.5. The number of benzene rings is 1. The highest BCUT2D eigenvalue weighted by Crippen LogP contribution is 2.28. The first-order valence-electron chi connectivity index (χ1n) is 5.71. The second-order valence-corrected chi connectivity index (χ2v) is 5.32. The van der Waals surface area contributed by atoms with Gasteiger partial charge in [0.25, 0.3) is 5.91 Å². The molecule has 0 aliphatic carbocycles. The number of nitrogens with zero attached hydrogens (tertiary/aromatic N) is 2. The quantitative estimate of drug-likeness (QED) is 0.935. The molecule has 2 aromatic rings. The lowest BCUT2D eigenvalue weighted by atomic mass is 10.3. The lowest BCUT2D eigenvalue weighted by Gasteiger charge is -2.10. The van der Waals surface area contributed by atoms with Crippen LogP contribution in [0.15, 0.2) is 52.4 Å². The van der Waals surface area contributed by atoms with Gasteiger partial charge in [0.2, 0.25) is 0 Å². The number of pyridine rings is 1. The molecule has 98 valence electrons. The van der Waals surface area contributed by atoms with Crippen LogP contribution in [0, 0.1) is 0 Å². The summed E-state index contributed by atoms with van der Waals surface area (Å²) in [5, 5.41) is 9.23. The molecular weight excluding hydrogens is 260 g/mol. The molecule has 5 heteroatoms. The molecule has 4 nitrogen and oxygen atoms in total. The molecule has 0 spiro atoms. The summed E-state index contributed by atoms with van der Waals surface area (Å²) in [6.45, 7) is 0. The maximum atomic E-state index is 11.8. The van der Waals surface area contributed by atoms with Gasteiger partial charge in [-0.25, -0.2) is 0 Å². The number of phenols is 1. The summed E-state index contributed by atoms with van der Waals surface area (Å²) in [6.07, 6.45) is 1.62. The smallest absolute Gasteiger partial charge is 0.271 e. The van der Waals surface area contributed by atoms with Crippen molar-refractivity contribution in [3.8, 4) is 5.75 Å². The summed E-state index contributed by atoms with van der Waals surface area (Å²) in [5.74, 6) is 0.121. The molecule has 0 bridgehead atoms. The molecule has 0 saturated carbocycles. The Kier molecular flexibility index (Phi) is 4.06. The fourth-order valence-electron chi connectivity index (χ4n) is 1.47. The Hall–Kier alpha value is -2.01. The van der Waals surface area contributed by atoms with Gasteiger partial charge in [-0.3, -0.25) is 9.78 Å². The Morgan fingerprint density at radius 2 is 1.84 bits per heavy atom. The van der Waals surface area contributed by atoms with E-state index in [9.17, 15) is 9.90 Å². The van der Waals surface area contributed by atoms with Crippen LogP contribution in [0.25, 0.3) is 0 Å². The molecule has 0 unspecified atom stereocenters. The molecular formula is C14H14N2O2S. The minimum Gasteiger partial charge on any atom is -0.508 e. The molecule has 0 saturated heterocycles. The van der Waals surface area contributed by atoms with E-state index in [2.05, 4.69) is 4.98 Å². The van der Waals surface area contributed by atoms with Crippen LogP contribution < -0.4 is 0 Å². The van der Waals surface area contributed by atoms with Crippen LogP contribution in [-0.4, -0.2) is 35.0 Å². The predicted octanol–water partition coefficient (Wildman–Crippen LogP) is 2.64. The standard InChI is InChI=1S/C14H14N2O2S/c1-16(2)14(18)13-9-12(7-8-15-13)19-11-5-3-10(17)4-6-11/h3-9,17H,1-2H3. The van der Waals surface area contributed by atoms with Gasteiger partial charge in [-0.05, 0) is 36.4 Å². The van der Waals surface area contributed by atoms with E-state index in [0.717, 1.165) is 9.79 Å². The summed E-state index contributed by atoms with van der Waals surface area (Å²) >= 11 is 1.52. The molecule has 1 N–H and O–H groups in total. The Balaban J connectivity index is 2.19. The normalized spacial score (nSPS) is 10.2. The Bertz CT molecular complexity index is 582. The van der Waals surface area contributed by atoms with Crippen molar-refractivity contribution < 1.29 is 9.90 Å². The topological polar surface area (TPSA) is 53.4 Å². The van der Waals surface area contributed by atoms with E-state index >= 15 is 0 Å². The van der Waals surface area contributed by atoms with Gasteiger partial charge in [0.15, 0.2) is 0 Å². The Morgan fingerprint density at radius 3 is 2.47 bits per heavy atom. The van der Waals surface area contributed by atoms with Crippen molar-refractivity contribution in [3.05, 3.63) is 48.3 Å². The molecule has 2 rings (SSSR count). The van der Waals surface area contributed by atoms with Crippen molar-refractivity contribution in [2.75, 3.05) is 14.1 Å². The van der Waals surface area contributed by atoms with E-state index in [1.807, 2.05) is 18.2 Å². The van der Waals surface area contributed by atoms with E-state index in [0.29, 0.717) is 5.69 Å². The van der Waals surface area contributed by atoms with Gasteiger partial charge in [-0.1, -0.05) is 11.8 Å².